The van der Waals surface area contributed by atoms with Crippen LogP contribution in [-0.2, 0) is 14.6 Å². The van der Waals surface area contributed by atoms with Gasteiger partial charge >= 0.3 is 0 Å². The van der Waals surface area contributed by atoms with Crippen molar-refractivity contribution in [1.29, 1.82) is 0 Å². The minimum Gasteiger partial charge on any atom is -0.349 e. The van der Waals surface area contributed by atoms with Gasteiger partial charge in [0, 0.05) is 11.6 Å². The number of amides is 1. The van der Waals surface area contributed by atoms with E-state index in [2.05, 4.69) is 5.32 Å². The van der Waals surface area contributed by atoms with E-state index in [0.29, 0.717) is 6.07 Å². The molecule has 0 aliphatic carbocycles. The van der Waals surface area contributed by atoms with Gasteiger partial charge in [-0.1, -0.05) is 6.07 Å². The molecule has 1 N–H and O–H groups in total. The van der Waals surface area contributed by atoms with Gasteiger partial charge in [-0.3, -0.25) is 4.79 Å². The molecule has 0 saturated carbocycles. The van der Waals surface area contributed by atoms with Crippen molar-refractivity contribution in [2.75, 3.05) is 5.75 Å². The first-order chi connectivity index (χ1) is 9.13. The van der Waals surface area contributed by atoms with Crippen LogP contribution < -0.4 is 5.32 Å². The molecule has 1 amide bonds. The van der Waals surface area contributed by atoms with Gasteiger partial charge in [-0.25, -0.2) is 17.2 Å². The van der Waals surface area contributed by atoms with Gasteiger partial charge in [-0.15, -0.1) is 0 Å². The van der Waals surface area contributed by atoms with Crippen molar-refractivity contribution in [3.8, 4) is 0 Å². The molecule has 1 unspecified atom stereocenters. The second kappa shape index (κ2) is 6.30. The first-order valence-corrected chi connectivity index (χ1v) is 7.81. The Morgan fingerprint density at radius 3 is 2.35 bits per heavy atom. The summed E-state index contributed by atoms with van der Waals surface area (Å²) >= 11 is 0. The number of carbonyl (C=O) groups excluding carboxylic acids is 1. The first kappa shape index (κ1) is 16.6. The molecular formula is C13H17F2NO3S. The largest absolute Gasteiger partial charge is 0.349 e. The fourth-order valence-corrected chi connectivity index (χ4v) is 2.35. The summed E-state index contributed by atoms with van der Waals surface area (Å²) in [5, 5.41) is 1.73. The molecule has 1 aromatic rings. The summed E-state index contributed by atoms with van der Waals surface area (Å²) in [6.45, 7) is 4.45. The fourth-order valence-electron chi connectivity index (χ4n) is 1.56. The third-order valence-corrected chi connectivity index (χ3v) is 4.96. The molecule has 1 aromatic carbocycles. The van der Waals surface area contributed by atoms with Crippen LogP contribution in [0.5, 0.6) is 0 Å². The molecule has 4 nitrogen and oxygen atoms in total. The number of sulfone groups is 1. The number of rotatable bonds is 5. The van der Waals surface area contributed by atoms with Gasteiger partial charge in [0.05, 0.1) is 11.3 Å². The molecule has 0 aliphatic heterocycles. The van der Waals surface area contributed by atoms with Crippen molar-refractivity contribution in [1.82, 2.24) is 5.32 Å². The lowest BCUT2D eigenvalue weighted by Gasteiger charge is -2.16. The molecule has 0 saturated heterocycles. The zero-order valence-electron chi connectivity index (χ0n) is 11.5. The van der Waals surface area contributed by atoms with Crippen molar-refractivity contribution in [3.05, 3.63) is 35.4 Å². The van der Waals surface area contributed by atoms with Gasteiger partial charge in [0.25, 0.3) is 0 Å². The Bertz CT molecular complexity index is 600. The molecule has 0 fully saturated rings. The van der Waals surface area contributed by atoms with Gasteiger partial charge in [0.1, 0.15) is 17.4 Å². The average molecular weight is 305 g/mol. The lowest BCUT2D eigenvalue weighted by Crippen LogP contribution is -2.35. The van der Waals surface area contributed by atoms with E-state index < -0.39 is 44.4 Å². The van der Waals surface area contributed by atoms with Crippen molar-refractivity contribution in [2.24, 2.45) is 0 Å². The minimum atomic E-state index is -3.51. The molecule has 0 radical (unpaired) electrons. The summed E-state index contributed by atoms with van der Waals surface area (Å²) in [5.74, 6) is -2.87. The van der Waals surface area contributed by atoms with E-state index in [0.717, 1.165) is 6.07 Å². The summed E-state index contributed by atoms with van der Waals surface area (Å²) in [4.78, 5) is 11.6. The summed E-state index contributed by atoms with van der Waals surface area (Å²) in [7, 11) is -3.51. The maximum atomic E-state index is 13.5. The Balaban J connectivity index is 2.76. The van der Waals surface area contributed by atoms with Crippen LogP contribution >= 0.6 is 0 Å². The predicted molar refractivity (Wildman–Crippen MR) is 71.8 cm³/mol. The maximum Gasteiger partial charge on any atom is 0.235 e. The number of hydrogen-bond donors (Lipinski definition) is 1. The molecule has 20 heavy (non-hydrogen) atoms. The second-order valence-corrected chi connectivity index (χ2v) is 7.37. The lowest BCUT2D eigenvalue weighted by molar-refractivity contribution is -0.119. The van der Waals surface area contributed by atoms with Crippen LogP contribution in [0.3, 0.4) is 0 Å². The Hall–Kier alpha value is -1.50. The zero-order valence-corrected chi connectivity index (χ0v) is 12.3. The van der Waals surface area contributed by atoms with Crippen LogP contribution in [0.25, 0.3) is 0 Å². The monoisotopic (exact) mass is 305 g/mol. The molecule has 0 aromatic heterocycles. The average Bonchev–Trinajstić information content (AvgIpc) is 2.26. The molecule has 0 aliphatic rings. The van der Waals surface area contributed by atoms with E-state index in [-0.39, 0.29) is 5.56 Å². The highest BCUT2D eigenvalue weighted by Gasteiger charge is 2.22. The molecule has 1 atom stereocenters. The normalized spacial score (nSPS) is 13.3. The lowest BCUT2D eigenvalue weighted by atomic mass is 10.1. The van der Waals surface area contributed by atoms with Crippen LogP contribution in [0, 0.1) is 11.6 Å². The predicted octanol–water partition coefficient (Wildman–Crippen LogP) is 1.97. The van der Waals surface area contributed by atoms with Crippen molar-refractivity contribution in [2.45, 2.75) is 32.1 Å². The third kappa shape index (κ3) is 4.26. The van der Waals surface area contributed by atoms with Crippen molar-refractivity contribution >= 4 is 15.7 Å². The van der Waals surface area contributed by atoms with Crippen LogP contribution in [-0.4, -0.2) is 25.3 Å². The van der Waals surface area contributed by atoms with E-state index in [1.54, 1.807) is 0 Å². The van der Waals surface area contributed by atoms with Crippen molar-refractivity contribution < 1.29 is 22.0 Å². The number of halogens is 2. The van der Waals surface area contributed by atoms with Gasteiger partial charge in [0.2, 0.25) is 5.91 Å². The van der Waals surface area contributed by atoms with Gasteiger partial charge in [-0.05, 0) is 26.8 Å². The highest BCUT2D eigenvalue weighted by Crippen LogP contribution is 2.17. The number of nitrogens with one attached hydrogen (secondary N) is 1. The van der Waals surface area contributed by atoms with E-state index >= 15 is 0 Å². The van der Waals surface area contributed by atoms with Gasteiger partial charge in [-0.2, -0.15) is 0 Å². The summed E-state index contributed by atoms with van der Waals surface area (Å²) in [6, 6.07) is 2.26. The molecule has 112 valence electrons. The van der Waals surface area contributed by atoms with Crippen LogP contribution in [0.4, 0.5) is 8.78 Å². The Kier molecular flexibility index (Phi) is 5.21. The molecule has 1 rings (SSSR count). The maximum absolute atomic E-state index is 13.5. The quantitative estimate of drug-likeness (QED) is 0.904. The summed E-state index contributed by atoms with van der Waals surface area (Å²) in [6.07, 6.45) is 0. The molecule has 0 heterocycles. The highest BCUT2D eigenvalue weighted by atomic mass is 32.2. The van der Waals surface area contributed by atoms with Crippen LogP contribution in [0.1, 0.15) is 32.4 Å². The minimum absolute atomic E-state index is 0.0988. The highest BCUT2D eigenvalue weighted by molar-refractivity contribution is 7.92. The molecule has 7 heteroatoms. The SMILES string of the molecule is CC(NC(=O)CS(=O)(=O)C(C)C)c1ccc(F)cc1F. The fraction of sp³-hybridized carbons (Fsp3) is 0.462. The van der Waals surface area contributed by atoms with E-state index in [1.807, 2.05) is 0 Å². The Morgan fingerprint density at radius 1 is 1.25 bits per heavy atom. The Morgan fingerprint density at radius 2 is 1.85 bits per heavy atom. The molecule has 0 bridgehead atoms. The number of hydrogen-bond acceptors (Lipinski definition) is 3. The summed E-state index contributed by atoms with van der Waals surface area (Å²) in [5.41, 5.74) is 0.0988. The summed E-state index contributed by atoms with van der Waals surface area (Å²) < 4.78 is 49.5. The molecule has 0 spiro atoms. The van der Waals surface area contributed by atoms with Crippen molar-refractivity contribution in [3.63, 3.8) is 0 Å². The Labute approximate surface area is 117 Å². The second-order valence-electron chi connectivity index (χ2n) is 4.81. The van der Waals surface area contributed by atoms with Crippen LogP contribution in [0.2, 0.25) is 0 Å². The van der Waals surface area contributed by atoms with E-state index in [9.17, 15) is 22.0 Å². The van der Waals surface area contributed by atoms with Gasteiger partial charge in [0.15, 0.2) is 9.84 Å². The van der Waals surface area contributed by atoms with E-state index in [1.165, 1.54) is 26.8 Å². The smallest absolute Gasteiger partial charge is 0.235 e. The number of benzene rings is 1. The molecular weight excluding hydrogens is 288 g/mol. The van der Waals surface area contributed by atoms with E-state index in [4.69, 9.17) is 0 Å². The van der Waals surface area contributed by atoms with Gasteiger partial charge < -0.3 is 5.32 Å². The zero-order chi connectivity index (χ0) is 15.5. The standard InChI is InChI=1S/C13H17F2NO3S/c1-8(2)20(18,19)7-13(17)16-9(3)11-5-4-10(14)6-12(11)15/h4-6,8-9H,7H2,1-3H3,(H,16,17). The first-order valence-electron chi connectivity index (χ1n) is 6.09. The van der Waals surface area contributed by atoms with Crippen LogP contribution in [0.15, 0.2) is 18.2 Å². The number of carbonyl (C=O) groups is 1. The topological polar surface area (TPSA) is 63.2 Å². The third-order valence-electron chi connectivity index (χ3n) is 2.86.